The van der Waals surface area contributed by atoms with Gasteiger partial charge in [-0.05, 0) is 48.5 Å². The first-order valence-electron chi connectivity index (χ1n) is 5.53. The van der Waals surface area contributed by atoms with Crippen LogP contribution in [0.3, 0.4) is 0 Å². The maximum atomic E-state index is 10.0. The summed E-state index contributed by atoms with van der Waals surface area (Å²) in [5.41, 5.74) is 5.99. The van der Waals surface area contributed by atoms with Gasteiger partial charge in [-0.1, -0.05) is 21.6 Å². The van der Waals surface area contributed by atoms with Crippen molar-refractivity contribution in [3.63, 3.8) is 0 Å². The first-order valence-corrected chi connectivity index (χ1v) is 7.68. The normalized spacial score (nSPS) is 8.91. The zero-order valence-electron chi connectivity index (χ0n) is 12.1. The van der Waals surface area contributed by atoms with Crippen LogP contribution >= 0.6 is 21.6 Å². The molecule has 2 aromatic rings. The van der Waals surface area contributed by atoms with Gasteiger partial charge < -0.3 is 0 Å². The number of benzene rings is 2. The second-order valence-electron chi connectivity index (χ2n) is 3.62. The van der Waals surface area contributed by atoms with Crippen LogP contribution in [0.1, 0.15) is 0 Å². The molecule has 2 N–H and O–H groups in total. The van der Waals surface area contributed by atoms with Crippen molar-refractivity contribution in [2.24, 2.45) is 10.6 Å². The summed E-state index contributed by atoms with van der Waals surface area (Å²) in [4.78, 5) is 22.2. The molecular formula is C12H10N4Na2O2S2+2. The number of nitroso groups, excluding NO2 is 2. The molecule has 102 valence electrons. The monoisotopic (exact) mass is 352 g/mol. The minimum Gasteiger partial charge on any atom is -0.242 e. The van der Waals surface area contributed by atoms with E-state index < -0.39 is 0 Å². The molecule has 10 heteroatoms. The minimum absolute atomic E-state index is 0. The Kier molecular flexibility index (Phi) is 12.3. The summed E-state index contributed by atoms with van der Waals surface area (Å²) in [6.45, 7) is 0. The second-order valence-corrected chi connectivity index (χ2v) is 5.90. The fraction of sp³-hybridized carbons (Fsp3) is 0. The smallest absolute Gasteiger partial charge is 0.242 e. The van der Waals surface area contributed by atoms with E-state index in [9.17, 15) is 9.81 Å². The summed E-state index contributed by atoms with van der Waals surface area (Å²) < 4.78 is 0. The Morgan fingerprint density at radius 3 is 1.23 bits per heavy atom. The van der Waals surface area contributed by atoms with Gasteiger partial charge in [0.1, 0.15) is 0 Å². The first kappa shape index (κ1) is 21.9. The molecule has 0 spiro atoms. The fourth-order valence-electron chi connectivity index (χ4n) is 1.37. The number of hydrogen-bond donors (Lipinski definition) is 2. The Morgan fingerprint density at radius 2 is 0.955 bits per heavy atom. The van der Waals surface area contributed by atoms with Crippen LogP contribution in [-0.4, -0.2) is 0 Å². The van der Waals surface area contributed by atoms with Gasteiger partial charge in [0.2, 0.25) is 0 Å². The van der Waals surface area contributed by atoms with Gasteiger partial charge in [-0.3, -0.25) is 0 Å². The van der Waals surface area contributed by atoms with Gasteiger partial charge in [0, 0.05) is 9.79 Å². The summed E-state index contributed by atoms with van der Waals surface area (Å²) in [6.07, 6.45) is 0. The van der Waals surface area contributed by atoms with E-state index in [1.54, 1.807) is 45.9 Å². The van der Waals surface area contributed by atoms with Gasteiger partial charge in [-0.15, -0.1) is 9.81 Å². The summed E-state index contributed by atoms with van der Waals surface area (Å²) in [5.74, 6) is 0. The molecule has 0 bridgehead atoms. The van der Waals surface area contributed by atoms with Crippen LogP contribution in [0, 0.1) is 9.81 Å². The predicted molar refractivity (Wildman–Crippen MR) is 83.4 cm³/mol. The topological polar surface area (TPSA) is 82.9 Å². The third kappa shape index (κ3) is 7.47. The third-order valence-electron chi connectivity index (χ3n) is 2.29. The molecule has 6 nitrogen and oxygen atoms in total. The largest absolute Gasteiger partial charge is 1.00 e. The van der Waals surface area contributed by atoms with Crippen LogP contribution in [0.25, 0.3) is 0 Å². The van der Waals surface area contributed by atoms with Crippen molar-refractivity contribution in [3.05, 3.63) is 58.3 Å². The average Bonchev–Trinajstić information content (AvgIpc) is 2.49. The van der Waals surface area contributed by atoms with Crippen molar-refractivity contribution < 1.29 is 59.1 Å². The van der Waals surface area contributed by atoms with Crippen molar-refractivity contribution in [1.82, 2.24) is 0 Å². The molecule has 0 aliphatic rings. The van der Waals surface area contributed by atoms with Crippen molar-refractivity contribution in [1.29, 1.82) is 0 Å². The van der Waals surface area contributed by atoms with E-state index in [0.717, 1.165) is 9.79 Å². The number of anilines is 2. The first-order chi connectivity index (χ1) is 9.81. The standard InChI is InChI=1S/C12H10N4O2S2.2Na/c17-15-13-9-1-5-11(6-2-9)19-20-12-7-3-10(4-8-12)14-16-18;;/h1-8H,(H,13,17)(H,14,18);;/q;2*+1. The van der Waals surface area contributed by atoms with E-state index in [1.807, 2.05) is 24.3 Å². The predicted octanol–water partition coefficient (Wildman–Crippen LogP) is -1.32. The molecule has 0 atom stereocenters. The van der Waals surface area contributed by atoms with Crippen LogP contribution in [0.4, 0.5) is 11.4 Å². The van der Waals surface area contributed by atoms with Crippen molar-refractivity contribution in [2.45, 2.75) is 9.79 Å². The SMILES string of the molecule is O=NNc1ccc(SSc2ccc(NN=O)cc2)cc1.[Na+].[Na+]. The summed E-state index contributed by atoms with van der Waals surface area (Å²) in [6, 6.07) is 14.7. The molecule has 0 saturated heterocycles. The number of nitrogens with one attached hydrogen (secondary N) is 2. The molecule has 0 unspecified atom stereocenters. The molecule has 2 rings (SSSR count). The zero-order chi connectivity index (χ0) is 14.2. The van der Waals surface area contributed by atoms with E-state index in [1.165, 1.54) is 0 Å². The third-order valence-corrected chi connectivity index (χ3v) is 4.71. The van der Waals surface area contributed by atoms with Crippen LogP contribution in [0.2, 0.25) is 0 Å². The Labute approximate surface area is 179 Å². The van der Waals surface area contributed by atoms with Gasteiger partial charge in [-0.25, -0.2) is 10.9 Å². The molecule has 0 aliphatic carbocycles. The number of rotatable bonds is 7. The molecule has 0 amide bonds. The Morgan fingerprint density at radius 1 is 0.636 bits per heavy atom. The van der Waals surface area contributed by atoms with Crippen molar-refractivity contribution >= 4 is 33.0 Å². The summed E-state index contributed by atoms with van der Waals surface area (Å²) in [7, 11) is 3.19. The Balaban J connectivity index is 0.00000220. The zero-order valence-corrected chi connectivity index (χ0v) is 17.8. The molecule has 0 radical (unpaired) electrons. The Bertz CT molecular complexity index is 531. The van der Waals surface area contributed by atoms with Gasteiger partial charge in [0.05, 0.1) is 21.9 Å². The molecule has 0 aliphatic heterocycles. The van der Waals surface area contributed by atoms with Crippen LogP contribution in [0.5, 0.6) is 0 Å². The molecule has 2 aromatic carbocycles. The van der Waals surface area contributed by atoms with E-state index in [-0.39, 0.29) is 59.1 Å². The molecule has 0 aromatic heterocycles. The molecule has 22 heavy (non-hydrogen) atoms. The van der Waals surface area contributed by atoms with Crippen LogP contribution in [0.15, 0.2) is 68.9 Å². The second kappa shape index (κ2) is 12.4. The van der Waals surface area contributed by atoms with Gasteiger partial charge in [0.15, 0.2) is 0 Å². The van der Waals surface area contributed by atoms with Gasteiger partial charge >= 0.3 is 59.1 Å². The number of nitrogens with zero attached hydrogens (tertiary/aromatic N) is 2. The van der Waals surface area contributed by atoms with E-state index >= 15 is 0 Å². The van der Waals surface area contributed by atoms with Crippen LogP contribution in [-0.2, 0) is 0 Å². The van der Waals surface area contributed by atoms with Crippen molar-refractivity contribution in [3.8, 4) is 0 Å². The average molecular weight is 352 g/mol. The molecule has 0 saturated carbocycles. The quantitative estimate of drug-likeness (QED) is 0.278. The maximum Gasteiger partial charge on any atom is 1.00 e. The Hall–Kier alpha value is -0.0600. The van der Waals surface area contributed by atoms with Crippen LogP contribution < -0.4 is 70.0 Å². The number of hydrogen-bond acceptors (Lipinski definition) is 6. The fourth-order valence-corrected chi connectivity index (χ4v) is 3.30. The van der Waals surface area contributed by atoms with E-state index in [4.69, 9.17) is 0 Å². The molecule has 0 fully saturated rings. The van der Waals surface area contributed by atoms with E-state index in [0.29, 0.717) is 11.4 Å². The minimum atomic E-state index is 0. The summed E-state index contributed by atoms with van der Waals surface area (Å²) in [5, 5.41) is 5.21. The summed E-state index contributed by atoms with van der Waals surface area (Å²) >= 11 is 0. The maximum absolute atomic E-state index is 10.0. The van der Waals surface area contributed by atoms with E-state index in [2.05, 4.69) is 21.4 Å². The molecule has 0 heterocycles. The molecular weight excluding hydrogens is 342 g/mol. The van der Waals surface area contributed by atoms with Gasteiger partial charge in [0.25, 0.3) is 0 Å². The van der Waals surface area contributed by atoms with Gasteiger partial charge in [-0.2, -0.15) is 0 Å². The van der Waals surface area contributed by atoms with Crippen molar-refractivity contribution in [2.75, 3.05) is 10.9 Å².